The van der Waals surface area contributed by atoms with Gasteiger partial charge in [-0.2, -0.15) is 0 Å². The highest BCUT2D eigenvalue weighted by molar-refractivity contribution is 8.78. The molecular formula is C15H23N3O2S2. The van der Waals surface area contributed by atoms with Crippen LogP contribution in [0.4, 0.5) is 5.82 Å². The van der Waals surface area contributed by atoms with Crippen molar-refractivity contribution in [1.82, 2.24) is 9.88 Å². The predicted octanol–water partition coefficient (Wildman–Crippen LogP) is 3.03. The summed E-state index contributed by atoms with van der Waals surface area (Å²) >= 11 is 0. The summed E-state index contributed by atoms with van der Waals surface area (Å²) in [5.41, 5.74) is 7.49. The molecule has 0 radical (unpaired) electrons. The lowest BCUT2D eigenvalue weighted by Crippen LogP contribution is -2.21. The molecule has 122 valence electrons. The molecule has 0 atom stereocenters. The van der Waals surface area contributed by atoms with Gasteiger partial charge in [-0.1, -0.05) is 34.6 Å². The van der Waals surface area contributed by atoms with E-state index in [4.69, 9.17) is 5.73 Å². The van der Waals surface area contributed by atoms with E-state index in [0.29, 0.717) is 18.8 Å². The number of amides is 1. The highest BCUT2D eigenvalue weighted by Crippen LogP contribution is 2.35. The maximum Gasteiger partial charge on any atom is 0.214 e. The van der Waals surface area contributed by atoms with Crippen molar-refractivity contribution >= 4 is 33.8 Å². The Labute approximate surface area is 139 Å². The lowest BCUT2D eigenvalue weighted by Gasteiger charge is -2.22. The van der Waals surface area contributed by atoms with Gasteiger partial charge in [0, 0.05) is 41.1 Å². The van der Waals surface area contributed by atoms with Crippen molar-refractivity contribution in [3.8, 4) is 0 Å². The third kappa shape index (κ3) is 5.90. The number of hydrogen-bond donors (Lipinski definition) is 2. The second kappa shape index (κ2) is 10.5. The number of nitrogen functional groups attached to an aromatic ring is 1. The fourth-order valence-corrected chi connectivity index (χ4v) is 4.34. The molecule has 0 spiro atoms. The van der Waals surface area contributed by atoms with Gasteiger partial charge in [0.15, 0.2) is 0 Å². The minimum atomic E-state index is 0.0636. The number of rotatable bonds is 10. The Hall–Kier alpha value is -1.18. The number of nitrogens with two attached hydrogens (primary N) is 1. The zero-order chi connectivity index (χ0) is 16.4. The maximum atomic E-state index is 11.5. The van der Waals surface area contributed by atoms with Crippen molar-refractivity contribution < 1.29 is 9.90 Å². The largest absolute Gasteiger partial charge is 0.396 e. The first kappa shape index (κ1) is 18.9. The fourth-order valence-electron chi connectivity index (χ4n) is 1.74. The van der Waals surface area contributed by atoms with E-state index in [1.807, 2.05) is 13.0 Å². The zero-order valence-electron chi connectivity index (χ0n) is 13.0. The summed E-state index contributed by atoms with van der Waals surface area (Å²) in [7, 11) is 3.36. The maximum absolute atomic E-state index is 11.5. The molecule has 0 saturated heterocycles. The first-order valence-corrected chi connectivity index (χ1v) is 9.47. The number of anilines is 1. The molecule has 0 saturated carbocycles. The number of allylic oxidation sites excluding steroid dienone is 1. The van der Waals surface area contributed by atoms with Crippen molar-refractivity contribution in [2.75, 3.05) is 18.1 Å². The number of aromatic nitrogens is 1. The molecule has 1 aromatic rings. The SMILES string of the molecule is CCCSS/C(CCO)=C(/C)N(C=O)Cc1cccnc1N. The number of nitrogens with zero attached hydrogens (tertiary/aromatic N) is 2. The zero-order valence-corrected chi connectivity index (χ0v) is 14.6. The average Bonchev–Trinajstić information content (AvgIpc) is 2.53. The summed E-state index contributed by atoms with van der Waals surface area (Å²) in [5, 5.41) is 9.24. The van der Waals surface area contributed by atoms with Gasteiger partial charge in [0.05, 0.1) is 6.54 Å². The summed E-state index contributed by atoms with van der Waals surface area (Å²) in [6.45, 7) is 4.46. The summed E-state index contributed by atoms with van der Waals surface area (Å²) in [6, 6.07) is 3.66. The van der Waals surface area contributed by atoms with Gasteiger partial charge in [0.25, 0.3) is 0 Å². The van der Waals surface area contributed by atoms with E-state index in [-0.39, 0.29) is 6.61 Å². The van der Waals surface area contributed by atoms with Crippen LogP contribution >= 0.6 is 21.6 Å². The number of hydrogen-bond acceptors (Lipinski definition) is 6. The molecule has 0 bridgehead atoms. The Kier molecular flexibility index (Phi) is 9.03. The van der Waals surface area contributed by atoms with Crippen LogP contribution in [0, 0.1) is 0 Å². The Balaban J connectivity index is 2.90. The average molecular weight is 342 g/mol. The Morgan fingerprint density at radius 1 is 1.55 bits per heavy atom. The smallest absolute Gasteiger partial charge is 0.214 e. The van der Waals surface area contributed by atoms with E-state index in [0.717, 1.165) is 34.7 Å². The highest BCUT2D eigenvalue weighted by atomic mass is 33.1. The normalized spacial score (nSPS) is 12.0. The molecule has 0 fully saturated rings. The highest BCUT2D eigenvalue weighted by Gasteiger charge is 2.13. The van der Waals surface area contributed by atoms with Gasteiger partial charge < -0.3 is 15.7 Å². The van der Waals surface area contributed by atoms with Crippen molar-refractivity contribution in [1.29, 1.82) is 0 Å². The molecule has 0 aliphatic carbocycles. The van der Waals surface area contributed by atoms with Crippen molar-refractivity contribution in [2.24, 2.45) is 0 Å². The molecule has 1 rings (SSSR count). The van der Waals surface area contributed by atoms with Crippen LogP contribution in [0.2, 0.25) is 0 Å². The third-order valence-corrected chi connectivity index (χ3v) is 5.86. The van der Waals surface area contributed by atoms with E-state index >= 15 is 0 Å². The van der Waals surface area contributed by atoms with Crippen molar-refractivity contribution in [2.45, 2.75) is 33.2 Å². The predicted molar refractivity (Wildman–Crippen MR) is 95.0 cm³/mol. The second-order valence-corrected chi connectivity index (χ2v) is 7.18. The topological polar surface area (TPSA) is 79.5 Å². The molecule has 22 heavy (non-hydrogen) atoms. The van der Waals surface area contributed by atoms with Gasteiger partial charge in [-0.3, -0.25) is 4.79 Å². The van der Waals surface area contributed by atoms with Crippen molar-refractivity contribution in [3.05, 3.63) is 34.5 Å². The lowest BCUT2D eigenvalue weighted by molar-refractivity contribution is -0.116. The molecule has 0 aromatic carbocycles. The first-order valence-electron chi connectivity index (χ1n) is 7.15. The van der Waals surface area contributed by atoms with Crippen LogP contribution in [0.5, 0.6) is 0 Å². The van der Waals surface area contributed by atoms with E-state index in [1.165, 1.54) is 0 Å². The molecule has 0 unspecified atom stereocenters. The van der Waals surface area contributed by atoms with Crippen LogP contribution in [0.3, 0.4) is 0 Å². The van der Waals surface area contributed by atoms with Gasteiger partial charge in [0.1, 0.15) is 5.82 Å². The number of carbonyl (C=O) groups is 1. The molecule has 0 aliphatic rings. The summed E-state index contributed by atoms with van der Waals surface area (Å²) in [6.07, 6.45) is 4.05. The minimum Gasteiger partial charge on any atom is -0.396 e. The molecular weight excluding hydrogens is 318 g/mol. The molecule has 3 N–H and O–H groups in total. The Morgan fingerprint density at radius 3 is 2.91 bits per heavy atom. The molecule has 5 nitrogen and oxygen atoms in total. The van der Waals surface area contributed by atoms with E-state index < -0.39 is 0 Å². The molecule has 0 aliphatic heterocycles. The van der Waals surface area contributed by atoms with Crippen LogP contribution in [0.25, 0.3) is 0 Å². The third-order valence-electron chi connectivity index (χ3n) is 3.01. The van der Waals surface area contributed by atoms with Gasteiger partial charge in [-0.15, -0.1) is 0 Å². The monoisotopic (exact) mass is 341 g/mol. The number of pyridine rings is 1. The molecule has 1 heterocycles. The van der Waals surface area contributed by atoms with Gasteiger partial charge in [0.2, 0.25) is 6.41 Å². The molecule has 1 aromatic heterocycles. The van der Waals surface area contributed by atoms with Crippen LogP contribution in [-0.2, 0) is 11.3 Å². The molecule has 1 amide bonds. The number of carbonyl (C=O) groups excluding carboxylic acids is 1. The molecule has 7 heteroatoms. The van der Waals surface area contributed by atoms with Gasteiger partial charge in [-0.25, -0.2) is 4.98 Å². The van der Waals surface area contributed by atoms with Crippen LogP contribution < -0.4 is 5.73 Å². The standard InChI is InChI=1S/C15H23N3O2S2/c1-3-9-21-22-14(6-8-19)12(2)18(11-20)10-13-5-4-7-17-15(13)16/h4-5,7,11,19H,3,6,8-10H2,1-2H3,(H2,16,17)/b14-12-. The second-order valence-electron chi connectivity index (χ2n) is 4.67. The van der Waals surface area contributed by atoms with E-state index in [1.54, 1.807) is 38.8 Å². The fraction of sp³-hybridized carbons (Fsp3) is 0.467. The quantitative estimate of drug-likeness (QED) is 0.387. The van der Waals surface area contributed by atoms with E-state index in [9.17, 15) is 9.90 Å². The number of aliphatic hydroxyl groups excluding tert-OH is 1. The van der Waals surface area contributed by atoms with Crippen LogP contribution in [0.1, 0.15) is 32.3 Å². The first-order chi connectivity index (χ1) is 10.6. The van der Waals surface area contributed by atoms with Crippen molar-refractivity contribution in [3.63, 3.8) is 0 Å². The minimum absolute atomic E-state index is 0.0636. The summed E-state index contributed by atoms with van der Waals surface area (Å²) in [4.78, 5) is 18.1. The summed E-state index contributed by atoms with van der Waals surface area (Å²) in [5.74, 6) is 1.46. The summed E-state index contributed by atoms with van der Waals surface area (Å²) < 4.78 is 0. The van der Waals surface area contributed by atoms with Crippen LogP contribution in [0.15, 0.2) is 28.9 Å². The van der Waals surface area contributed by atoms with Crippen LogP contribution in [-0.4, -0.2) is 33.8 Å². The Bertz CT molecular complexity index is 509. The Morgan fingerprint density at radius 2 is 2.32 bits per heavy atom. The van der Waals surface area contributed by atoms with E-state index in [2.05, 4.69) is 11.9 Å². The number of aliphatic hydroxyl groups is 1. The van der Waals surface area contributed by atoms with Gasteiger partial charge >= 0.3 is 0 Å². The lowest BCUT2D eigenvalue weighted by atomic mass is 10.2. The van der Waals surface area contributed by atoms with Gasteiger partial charge in [-0.05, 0) is 19.4 Å².